The average Bonchev–Trinajstić information content (AvgIpc) is 2.75. The summed E-state index contributed by atoms with van der Waals surface area (Å²) < 4.78 is 7.12. The van der Waals surface area contributed by atoms with Crippen LogP contribution < -0.4 is 5.32 Å². The number of hydrogen-bond donors (Lipinski definition) is 1. The molecule has 0 saturated heterocycles. The van der Waals surface area contributed by atoms with E-state index in [1.54, 1.807) is 0 Å². The Balaban J connectivity index is 2.86. The third kappa shape index (κ3) is 4.34. The van der Waals surface area contributed by atoms with E-state index in [1.807, 2.05) is 51.7 Å². The minimum Gasteiger partial charge on any atom is -0.465 e. The highest BCUT2D eigenvalue weighted by atomic mass is 16.5. The summed E-state index contributed by atoms with van der Waals surface area (Å²) in [6, 6.07) is 0.320. The molecule has 114 valence electrons. The zero-order valence-electron chi connectivity index (χ0n) is 13.4. The van der Waals surface area contributed by atoms with Gasteiger partial charge in [0.05, 0.1) is 18.8 Å². The van der Waals surface area contributed by atoms with Gasteiger partial charge in [0.25, 0.3) is 0 Å². The van der Waals surface area contributed by atoms with Crippen molar-refractivity contribution in [3.63, 3.8) is 0 Å². The molecule has 0 amide bonds. The van der Waals surface area contributed by atoms with E-state index >= 15 is 0 Å². The molecule has 0 aromatic carbocycles. The first-order valence-corrected chi connectivity index (χ1v) is 7.24. The van der Waals surface area contributed by atoms with Crippen molar-refractivity contribution in [2.24, 2.45) is 0 Å². The number of hydrogen-bond acceptors (Lipinski definition) is 4. The van der Waals surface area contributed by atoms with Crippen LogP contribution in [0.3, 0.4) is 0 Å². The van der Waals surface area contributed by atoms with E-state index in [1.165, 1.54) is 0 Å². The van der Waals surface area contributed by atoms with E-state index in [2.05, 4.69) is 17.3 Å². The summed E-state index contributed by atoms with van der Waals surface area (Å²) in [7, 11) is 0. The Bertz CT molecular complexity index is 442. The summed E-state index contributed by atoms with van der Waals surface area (Å²) in [6.07, 6.45) is 4.45. The summed E-state index contributed by atoms with van der Waals surface area (Å²) in [5.74, 6) is -0.204. The standard InChI is InChI=1S/C15H27N3O2/c1-7-20-14(19)15(6,17-11(2)3)8-13(5)18-10-12(4)9-16-18/h9-11,13,17H,7-8H2,1-6H3. The minimum atomic E-state index is -0.705. The molecule has 0 bridgehead atoms. The van der Waals surface area contributed by atoms with E-state index in [0.29, 0.717) is 13.0 Å². The number of nitrogens with zero attached hydrogens (tertiary/aromatic N) is 2. The van der Waals surface area contributed by atoms with Crippen LogP contribution in [0.15, 0.2) is 12.4 Å². The Morgan fingerprint density at radius 2 is 2.15 bits per heavy atom. The van der Waals surface area contributed by atoms with E-state index in [4.69, 9.17) is 4.74 Å². The van der Waals surface area contributed by atoms with E-state index in [0.717, 1.165) is 5.56 Å². The largest absolute Gasteiger partial charge is 0.465 e. The highest BCUT2D eigenvalue weighted by molar-refractivity contribution is 5.80. The number of rotatable bonds is 7. The maximum absolute atomic E-state index is 12.3. The summed E-state index contributed by atoms with van der Waals surface area (Å²) >= 11 is 0. The Kier molecular flexibility index (Phi) is 5.74. The van der Waals surface area contributed by atoms with Crippen LogP contribution in [0, 0.1) is 6.92 Å². The molecule has 2 unspecified atom stereocenters. The van der Waals surface area contributed by atoms with Gasteiger partial charge in [-0.1, -0.05) is 0 Å². The Morgan fingerprint density at radius 3 is 2.60 bits per heavy atom. The maximum Gasteiger partial charge on any atom is 0.326 e. The van der Waals surface area contributed by atoms with Gasteiger partial charge in [-0.3, -0.25) is 14.8 Å². The number of carbonyl (C=O) groups is 1. The molecule has 0 saturated carbocycles. The SMILES string of the molecule is CCOC(=O)C(C)(CC(C)n1cc(C)cn1)NC(C)C. The molecule has 0 spiro atoms. The molecule has 0 aliphatic carbocycles. The summed E-state index contributed by atoms with van der Waals surface area (Å²) in [5.41, 5.74) is 0.412. The molecule has 0 radical (unpaired) electrons. The highest BCUT2D eigenvalue weighted by Gasteiger charge is 2.37. The van der Waals surface area contributed by atoms with Gasteiger partial charge in [0.2, 0.25) is 0 Å². The molecular weight excluding hydrogens is 254 g/mol. The predicted octanol–water partition coefficient (Wildman–Crippen LogP) is 2.46. The second-order valence-electron chi connectivity index (χ2n) is 5.90. The van der Waals surface area contributed by atoms with Gasteiger partial charge in [-0.2, -0.15) is 5.10 Å². The molecule has 1 aromatic heterocycles. The number of carbonyl (C=O) groups excluding carboxylic acids is 1. The van der Waals surface area contributed by atoms with Crippen molar-refractivity contribution >= 4 is 5.97 Å². The van der Waals surface area contributed by atoms with Crippen LogP contribution in [0.4, 0.5) is 0 Å². The van der Waals surface area contributed by atoms with Crippen molar-refractivity contribution in [3.05, 3.63) is 18.0 Å². The molecule has 2 atom stereocenters. The van der Waals surface area contributed by atoms with Gasteiger partial charge in [-0.05, 0) is 53.5 Å². The van der Waals surface area contributed by atoms with Crippen molar-refractivity contribution in [1.29, 1.82) is 0 Å². The Labute approximate surface area is 121 Å². The molecule has 5 heteroatoms. The molecule has 5 nitrogen and oxygen atoms in total. The number of aromatic nitrogens is 2. The van der Waals surface area contributed by atoms with E-state index < -0.39 is 5.54 Å². The first kappa shape index (κ1) is 16.7. The van der Waals surface area contributed by atoms with Gasteiger partial charge in [0.1, 0.15) is 5.54 Å². The zero-order chi connectivity index (χ0) is 15.3. The van der Waals surface area contributed by atoms with Crippen LogP contribution in [0.25, 0.3) is 0 Å². The summed E-state index contributed by atoms with van der Waals surface area (Å²) in [5, 5.41) is 7.65. The third-order valence-corrected chi connectivity index (χ3v) is 3.22. The molecule has 1 heterocycles. The van der Waals surface area contributed by atoms with Gasteiger partial charge < -0.3 is 4.74 Å². The second-order valence-corrected chi connectivity index (χ2v) is 5.90. The predicted molar refractivity (Wildman–Crippen MR) is 79.6 cm³/mol. The second kappa shape index (κ2) is 6.88. The lowest BCUT2D eigenvalue weighted by Gasteiger charge is -2.33. The highest BCUT2D eigenvalue weighted by Crippen LogP contribution is 2.23. The average molecular weight is 281 g/mol. The van der Waals surface area contributed by atoms with Crippen molar-refractivity contribution in [1.82, 2.24) is 15.1 Å². The van der Waals surface area contributed by atoms with Crippen LogP contribution >= 0.6 is 0 Å². The maximum atomic E-state index is 12.3. The van der Waals surface area contributed by atoms with Crippen LogP contribution in [-0.2, 0) is 9.53 Å². The Morgan fingerprint density at radius 1 is 1.50 bits per heavy atom. The fourth-order valence-corrected chi connectivity index (χ4v) is 2.49. The molecule has 1 rings (SSSR count). The fourth-order valence-electron chi connectivity index (χ4n) is 2.49. The van der Waals surface area contributed by atoms with Gasteiger partial charge in [-0.25, -0.2) is 0 Å². The molecule has 1 N–H and O–H groups in total. The molecule has 0 fully saturated rings. The van der Waals surface area contributed by atoms with E-state index in [9.17, 15) is 4.79 Å². The Hall–Kier alpha value is -1.36. The lowest BCUT2D eigenvalue weighted by Crippen LogP contribution is -2.54. The van der Waals surface area contributed by atoms with Crippen LogP contribution in [-0.4, -0.2) is 33.9 Å². The van der Waals surface area contributed by atoms with Gasteiger partial charge in [0, 0.05) is 12.2 Å². The molecular formula is C15H27N3O2. The van der Waals surface area contributed by atoms with Crippen molar-refractivity contribution in [2.75, 3.05) is 6.61 Å². The van der Waals surface area contributed by atoms with Gasteiger partial charge in [-0.15, -0.1) is 0 Å². The fraction of sp³-hybridized carbons (Fsp3) is 0.733. The lowest BCUT2D eigenvalue weighted by atomic mass is 9.92. The minimum absolute atomic E-state index is 0.115. The van der Waals surface area contributed by atoms with Gasteiger partial charge in [0.15, 0.2) is 0 Å². The summed E-state index contributed by atoms with van der Waals surface area (Å²) in [4.78, 5) is 12.3. The van der Waals surface area contributed by atoms with Crippen molar-refractivity contribution < 1.29 is 9.53 Å². The first-order chi connectivity index (χ1) is 9.28. The van der Waals surface area contributed by atoms with E-state index in [-0.39, 0.29) is 18.1 Å². The van der Waals surface area contributed by atoms with Crippen LogP contribution in [0.1, 0.15) is 52.6 Å². The molecule has 0 aliphatic rings. The quantitative estimate of drug-likeness (QED) is 0.780. The van der Waals surface area contributed by atoms with Crippen LogP contribution in [0.5, 0.6) is 0 Å². The monoisotopic (exact) mass is 281 g/mol. The summed E-state index contributed by atoms with van der Waals surface area (Å²) in [6.45, 7) is 12.2. The topological polar surface area (TPSA) is 56.2 Å². The molecule has 20 heavy (non-hydrogen) atoms. The van der Waals surface area contributed by atoms with Crippen molar-refractivity contribution in [3.8, 4) is 0 Å². The van der Waals surface area contributed by atoms with Crippen LogP contribution in [0.2, 0.25) is 0 Å². The van der Waals surface area contributed by atoms with Crippen molar-refractivity contribution in [2.45, 2.75) is 65.6 Å². The lowest BCUT2D eigenvalue weighted by molar-refractivity contribution is -0.151. The normalized spacial score (nSPS) is 15.9. The van der Waals surface area contributed by atoms with Gasteiger partial charge >= 0.3 is 5.97 Å². The third-order valence-electron chi connectivity index (χ3n) is 3.22. The zero-order valence-corrected chi connectivity index (χ0v) is 13.4. The first-order valence-electron chi connectivity index (χ1n) is 7.24. The molecule has 0 aliphatic heterocycles. The number of nitrogens with one attached hydrogen (secondary N) is 1. The number of ether oxygens (including phenoxy) is 1. The number of aryl methyl sites for hydroxylation is 1. The number of esters is 1. The molecule has 1 aromatic rings. The smallest absolute Gasteiger partial charge is 0.326 e.